The third-order valence-corrected chi connectivity index (χ3v) is 4.37. The van der Waals surface area contributed by atoms with Crippen LogP contribution in [0.25, 0.3) is 0 Å². The zero-order chi connectivity index (χ0) is 14.3. The van der Waals surface area contributed by atoms with E-state index in [1.807, 2.05) is 6.92 Å². The topological polar surface area (TPSA) is 58.4 Å². The minimum absolute atomic E-state index is 0.00845. The summed E-state index contributed by atoms with van der Waals surface area (Å²) < 4.78 is 0. The summed E-state index contributed by atoms with van der Waals surface area (Å²) in [6.07, 6.45) is 6.61. The Bertz CT molecular complexity index is 266. The van der Waals surface area contributed by atoms with E-state index < -0.39 is 0 Å². The number of carbonyl (C=O) groups is 1. The van der Waals surface area contributed by atoms with Crippen molar-refractivity contribution in [3.05, 3.63) is 0 Å². The molecule has 1 fully saturated rings. The second-order valence-electron chi connectivity index (χ2n) is 5.66. The van der Waals surface area contributed by atoms with Gasteiger partial charge < -0.3 is 11.1 Å². The average Bonchev–Trinajstić information content (AvgIpc) is 2.89. The Labute approximate surface area is 118 Å². The van der Waals surface area contributed by atoms with Crippen LogP contribution < -0.4 is 11.1 Å². The number of hydrogen-bond acceptors (Lipinski definition) is 3. The van der Waals surface area contributed by atoms with E-state index in [0.29, 0.717) is 12.1 Å². The van der Waals surface area contributed by atoms with Gasteiger partial charge in [-0.1, -0.05) is 13.8 Å². The summed E-state index contributed by atoms with van der Waals surface area (Å²) in [5.74, 6) is 0.188. The molecule has 0 bridgehead atoms. The van der Waals surface area contributed by atoms with Gasteiger partial charge in [-0.25, -0.2) is 0 Å². The number of hydrogen-bond donors (Lipinski definition) is 2. The second-order valence-corrected chi connectivity index (χ2v) is 5.66. The van der Waals surface area contributed by atoms with Crippen molar-refractivity contribution in [2.45, 2.75) is 77.4 Å². The molecule has 1 heterocycles. The summed E-state index contributed by atoms with van der Waals surface area (Å²) in [6, 6.07) is 0.858. The molecule has 19 heavy (non-hydrogen) atoms. The number of nitrogens with two attached hydrogens (primary N) is 1. The normalized spacial score (nSPS) is 21.8. The van der Waals surface area contributed by atoms with Gasteiger partial charge in [-0.2, -0.15) is 0 Å². The highest BCUT2D eigenvalue weighted by molar-refractivity contribution is 5.81. The molecule has 112 valence electrons. The van der Waals surface area contributed by atoms with Crippen molar-refractivity contribution in [3.8, 4) is 0 Å². The van der Waals surface area contributed by atoms with Crippen molar-refractivity contribution >= 4 is 5.91 Å². The standard InChI is InChI=1S/C15H31N3O/c1-4-13(5-2)17-15(19)12(3)18-11-7-9-14(18)8-6-10-16/h12-14H,4-11,16H2,1-3H3,(H,17,19). The fourth-order valence-corrected chi connectivity index (χ4v) is 3.00. The van der Waals surface area contributed by atoms with Gasteiger partial charge in [0.1, 0.15) is 0 Å². The molecule has 2 atom stereocenters. The van der Waals surface area contributed by atoms with Gasteiger partial charge in [0.2, 0.25) is 5.91 Å². The molecular weight excluding hydrogens is 238 g/mol. The zero-order valence-corrected chi connectivity index (χ0v) is 12.8. The van der Waals surface area contributed by atoms with Gasteiger partial charge in [-0.15, -0.1) is 0 Å². The highest BCUT2D eigenvalue weighted by Crippen LogP contribution is 2.23. The summed E-state index contributed by atoms with van der Waals surface area (Å²) in [5.41, 5.74) is 5.59. The van der Waals surface area contributed by atoms with Crippen LogP contribution in [0.5, 0.6) is 0 Å². The maximum atomic E-state index is 12.3. The molecule has 2 unspecified atom stereocenters. The Morgan fingerprint density at radius 2 is 2.11 bits per heavy atom. The highest BCUT2D eigenvalue weighted by Gasteiger charge is 2.31. The van der Waals surface area contributed by atoms with Gasteiger partial charge in [-0.05, 0) is 58.5 Å². The molecule has 1 saturated heterocycles. The summed E-state index contributed by atoms with van der Waals surface area (Å²) >= 11 is 0. The molecular formula is C15H31N3O. The van der Waals surface area contributed by atoms with E-state index >= 15 is 0 Å². The van der Waals surface area contributed by atoms with Crippen LogP contribution >= 0.6 is 0 Å². The van der Waals surface area contributed by atoms with Crippen LogP contribution in [0.3, 0.4) is 0 Å². The van der Waals surface area contributed by atoms with E-state index in [9.17, 15) is 4.79 Å². The number of nitrogens with zero attached hydrogens (tertiary/aromatic N) is 1. The third kappa shape index (κ3) is 4.77. The summed E-state index contributed by atoms with van der Waals surface area (Å²) in [6.45, 7) is 8.09. The molecule has 0 aliphatic carbocycles. The molecule has 1 rings (SSSR count). The van der Waals surface area contributed by atoms with Crippen molar-refractivity contribution in [1.82, 2.24) is 10.2 Å². The van der Waals surface area contributed by atoms with Gasteiger partial charge >= 0.3 is 0 Å². The second kappa shape index (κ2) is 8.54. The van der Waals surface area contributed by atoms with Gasteiger partial charge in [0.15, 0.2) is 0 Å². The monoisotopic (exact) mass is 269 g/mol. The molecule has 0 radical (unpaired) electrons. The predicted octanol–water partition coefficient (Wildman–Crippen LogP) is 1.88. The molecule has 0 aromatic heterocycles. The Balaban J connectivity index is 2.50. The summed E-state index contributed by atoms with van der Waals surface area (Å²) in [7, 11) is 0. The van der Waals surface area contributed by atoms with Crippen molar-refractivity contribution in [2.75, 3.05) is 13.1 Å². The minimum Gasteiger partial charge on any atom is -0.352 e. The number of carbonyl (C=O) groups excluding carboxylic acids is 1. The van der Waals surface area contributed by atoms with Gasteiger partial charge in [0.05, 0.1) is 6.04 Å². The quantitative estimate of drug-likeness (QED) is 0.707. The van der Waals surface area contributed by atoms with E-state index in [4.69, 9.17) is 5.73 Å². The van der Waals surface area contributed by atoms with Crippen molar-refractivity contribution < 1.29 is 4.79 Å². The Morgan fingerprint density at radius 3 is 2.68 bits per heavy atom. The summed E-state index contributed by atoms with van der Waals surface area (Å²) in [5, 5.41) is 3.16. The van der Waals surface area contributed by atoms with Gasteiger partial charge in [0, 0.05) is 12.1 Å². The van der Waals surface area contributed by atoms with Crippen molar-refractivity contribution in [2.24, 2.45) is 5.73 Å². The lowest BCUT2D eigenvalue weighted by Crippen LogP contribution is -2.49. The number of amides is 1. The van der Waals surface area contributed by atoms with E-state index in [1.165, 1.54) is 12.8 Å². The SMILES string of the molecule is CCC(CC)NC(=O)C(C)N1CCCC1CCCN. The van der Waals surface area contributed by atoms with Gasteiger partial charge in [-0.3, -0.25) is 9.69 Å². The maximum absolute atomic E-state index is 12.3. The van der Waals surface area contributed by atoms with Crippen LogP contribution in [0.15, 0.2) is 0 Å². The van der Waals surface area contributed by atoms with Crippen molar-refractivity contribution in [1.29, 1.82) is 0 Å². The maximum Gasteiger partial charge on any atom is 0.237 e. The van der Waals surface area contributed by atoms with Crippen LogP contribution in [0.1, 0.15) is 59.3 Å². The Hall–Kier alpha value is -0.610. The molecule has 3 N–H and O–H groups in total. The Morgan fingerprint density at radius 1 is 1.42 bits per heavy atom. The molecule has 1 aliphatic heterocycles. The largest absolute Gasteiger partial charge is 0.352 e. The zero-order valence-electron chi connectivity index (χ0n) is 12.8. The lowest BCUT2D eigenvalue weighted by atomic mass is 10.1. The molecule has 0 aromatic carbocycles. The molecule has 0 spiro atoms. The lowest BCUT2D eigenvalue weighted by molar-refractivity contribution is -0.127. The van der Waals surface area contributed by atoms with Crippen LogP contribution in [0, 0.1) is 0 Å². The third-order valence-electron chi connectivity index (χ3n) is 4.37. The molecule has 0 aromatic rings. The van der Waals surface area contributed by atoms with Gasteiger partial charge in [0.25, 0.3) is 0 Å². The smallest absolute Gasteiger partial charge is 0.237 e. The Kier molecular flexibility index (Phi) is 7.39. The van der Waals surface area contributed by atoms with E-state index in [2.05, 4.69) is 24.1 Å². The number of likely N-dealkylation sites (tertiary alicyclic amines) is 1. The van der Waals surface area contributed by atoms with Crippen LogP contribution in [-0.2, 0) is 4.79 Å². The van der Waals surface area contributed by atoms with Crippen LogP contribution in [0.4, 0.5) is 0 Å². The minimum atomic E-state index is -0.00845. The lowest BCUT2D eigenvalue weighted by Gasteiger charge is -2.31. The first-order chi connectivity index (χ1) is 9.13. The van der Waals surface area contributed by atoms with Crippen LogP contribution in [-0.4, -0.2) is 42.0 Å². The van der Waals surface area contributed by atoms with Crippen LogP contribution in [0.2, 0.25) is 0 Å². The predicted molar refractivity (Wildman–Crippen MR) is 80.0 cm³/mol. The molecule has 0 saturated carbocycles. The number of nitrogens with one attached hydrogen (secondary N) is 1. The fourth-order valence-electron chi connectivity index (χ4n) is 3.00. The molecule has 4 nitrogen and oxygen atoms in total. The first kappa shape index (κ1) is 16.4. The molecule has 4 heteroatoms. The van der Waals surface area contributed by atoms with Crippen molar-refractivity contribution in [3.63, 3.8) is 0 Å². The van der Waals surface area contributed by atoms with E-state index in [0.717, 1.165) is 38.8 Å². The first-order valence-electron chi connectivity index (χ1n) is 7.90. The molecule has 1 amide bonds. The highest BCUT2D eigenvalue weighted by atomic mass is 16.2. The summed E-state index contributed by atoms with van der Waals surface area (Å²) in [4.78, 5) is 14.7. The molecule has 1 aliphatic rings. The first-order valence-corrected chi connectivity index (χ1v) is 7.90. The number of rotatable bonds is 8. The fraction of sp³-hybridized carbons (Fsp3) is 0.933. The van der Waals surface area contributed by atoms with E-state index in [1.54, 1.807) is 0 Å². The van der Waals surface area contributed by atoms with E-state index in [-0.39, 0.29) is 11.9 Å². The average molecular weight is 269 g/mol.